The van der Waals surface area contributed by atoms with Crippen molar-refractivity contribution in [3.63, 3.8) is 0 Å². The van der Waals surface area contributed by atoms with Gasteiger partial charge in [-0.1, -0.05) is 0 Å². The van der Waals surface area contributed by atoms with Gasteiger partial charge in [-0.25, -0.2) is 8.78 Å². The van der Waals surface area contributed by atoms with Gasteiger partial charge < -0.3 is 19.9 Å². The smallest absolute Gasteiger partial charge is 0.247 e. The van der Waals surface area contributed by atoms with Crippen LogP contribution in [-0.2, 0) is 9.59 Å². The van der Waals surface area contributed by atoms with Gasteiger partial charge in [-0.2, -0.15) is 0 Å². The lowest BCUT2D eigenvalue weighted by Crippen LogP contribution is -2.41. The van der Waals surface area contributed by atoms with Gasteiger partial charge in [0, 0.05) is 29.4 Å². The van der Waals surface area contributed by atoms with Crippen molar-refractivity contribution in [1.29, 1.82) is 0 Å². The number of hydrogen-bond acceptors (Lipinski definition) is 6. The molecule has 1 saturated carbocycles. The quantitative estimate of drug-likeness (QED) is 0.319. The zero-order valence-corrected chi connectivity index (χ0v) is 20.5. The van der Waals surface area contributed by atoms with Crippen molar-refractivity contribution in [2.75, 3.05) is 19.1 Å². The van der Waals surface area contributed by atoms with Gasteiger partial charge in [-0.05, 0) is 61.4 Å². The van der Waals surface area contributed by atoms with Crippen LogP contribution >= 0.6 is 0 Å². The highest BCUT2D eigenvalue weighted by Gasteiger charge is 2.57. The Bertz CT molecular complexity index is 1550. The molecule has 0 unspecified atom stereocenters. The lowest BCUT2D eigenvalue weighted by atomic mass is 10.0. The van der Waals surface area contributed by atoms with Crippen LogP contribution in [0.25, 0.3) is 10.9 Å². The van der Waals surface area contributed by atoms with Crippen molar-refractivity contribution < 1.29 is 32.6 Å². The summed E-state index contributed by atoms with van der Waals surface area (Å²) < 4.78 is 45.3. The number of primary amides is 1. The van der Waals surface area contributed by atoms with Crippen LogP contribution in [0.1, 0.15) is 12.8 Å². The Kier molecular flexibility index (Phi) is 6.31. The van der Waals surface area contributed by atoms with E-state index in [-0.39, 0.29) is 30.0 Å². The number of halogens is 2. The molecule has 0 spiro atoms. The van der Waals surface area contributed by atoms with Crippen LogP contribution in [0.15, 0.2) is 66.9 Å². The highest BCUT2D eigenvalue weighted by molar-refractivity contribution is 6.17. The van der Waals surface area contributed by atoms with Crippen LogP contribution in [0.2, 0.25) is 0 Å². The Morgan fingerprint density at radius 3 is 2.16 bits per heavy atom. The summed E-state index contributed by atoms with van der Waals surface area (Å²) in [5.74, 6) is -1.26. The number of ether oxygens (including phenoxy) is 3. The molecule has 0 bridgehead atoms. The Hall–Kier alpha value is -4.73. The summed E-state index contributed by atoms with van der Waals surface area (Å²) in [7, 11) is 3.01. The van der Waals surface area contributed by atoms with E-state index >= 15 is 0 Å². The molecule has 1 aliphatic carbocycles. The molecule has 2 amide bonds. The fraction of sp³-hybridized carbons (Fsp3) is 0.179. The third-order valence-corrected chi connectivity index (χ3v) is 6.51. The molecule has 194 valence electrons. The lowest BCUT2D eigenvalue weighted by molar-refractivity contribution is -0.133. The average molecular weight is 520 g/mol. The average Bonchev–Trinajstić information content (AvgIpc) is 3.73. The van der Waals surface area contributed by atoms with Gasteiger partial charge in [-0.15, -0.1) is 0 Å². The number of fused-ring (bicyclic) bond motifs is 1. The SMILES string of the molecule is COc1cc2nccc(Oc3ccc(F)cc3N(C(=O)C3(C(N)=O)CC3)c3ccc(F)cc3)c2cc1OC. The summed E-state index contributed by atoms with van der Waals surface area (Å²) in [6, 6.07) is 13.7. The number of hydrogen-bond donors (Lipinski definition) is 1. The predicted octanol–water partition coefficient (Wildman–Crippen LogP) is 5.25. The van der Waals surface area contributed by atoms with Crippen molar-refractivity contribution in [3.8, 4) is 23.0 Å². The van der Waals surface area contributed by atoms with Crippen LogP contribution in [-0.4, -0.2) is 31.0 Å². The number of amides is 2. The van der Waals surface area contributed by atoms with Gasteiger partial charge in [0.05, 0.1) is 25.4 Å². The summed E-state index contributed by atoms with van der Waals surface area (Å²) >= 11 is 0. The highest BCUT2D eigenvalue weighted by Crippen LogP contribution is 2.50. The topological polar surface area (TPSA) is 104 Å². The monoisotopic (exact) mass is 519 g/mol. The van der Waals surface area contributed by atoms with E-state index < -0.39 is 28.9 Å². The van der Waals surface area contributed by atoms with Crippen LogP contribution < -0.4 is 24.8 Å². The number of methoxy groups -OCH3 is 2. The summed E-state index contributed by atoms with van der Waals surface area (Å²) in [5.41, 5.74) is 4.91. The number of pyridine rings is 1. The molecule has 38 heavy (non-hydrogen) atoms. The lowest BCUT2D eigenvalue weighted by Gasteiger charge is -2.28. The summed E-state index contributed by atoms with van der Waals surface area (Å²) in [5, 5.41) is 0.566. The van der Waals surface area contributed by atoms with Crippen molar-refractivity contribution in [3.05, 3.63) is 78.5 Å². The third-order valence-electron chi connectivity index (χ3n) is 6.51. The first-order valence-electron chi connectivity index (χ1n) is 11.7. The van der Waals surface area contributed by atoms with E-state index in [4.69, 9.17) is 19.9 Å². The van der Waals surface area contributed by atoms with Gasteiger partial charge in [0.1, 0.15) is 22.8 Å². The Morgan fingerprint density at radius 1 is 0.868 bits per heavy atom. The molecule has 1 aliphatic rings. The fourth-order valence-electron chi connectivity index (χ4n) is 4.27. The van der Waals surface area contributed by atoms with Crippen molar-refractivity contribution >= 4 is 34.1 Å². The largest absolute Gasteiger partial charge is 0.493 e. The van der Waals surface area contributed by atoms with E-state index in [0.717, 1.165) is 23.1 Å². The maximum atomic E-state index is 14.6. The number of anilines is 2. The molecule has 1 fully saturated rings. The molecule has 3 aromatic carbocycles. The summed E-state index contributed by atoms with van der Waals surface area (Å²) in [4.78, 5) is 31.5. The summed E-state index contributed by atoms with van der Waals surface area (Å²) in [6.07, 6.45) is 2.03. The van der Waals surface area contributed by atoms with E-state index in [1.807, 2.05) is 0 Å². The number of nitrogens with zero attached hydrogens (tertiary/aromatic N) is 2. The normalized spacial score (nSPS) is 13.6. The summed E-state index contributed by atoms with van der Waals surface area (Å²) in [6.45, 7) is 0. The molecule has 4 aromatic rings. The molecular formula is C28H23F2N3O5. The molecule has 0 atom stereocenters. The van der Waals surface area contributed by atoms with E-state index in [1.54, 1.807) is 18.2 Å². The minimum absolute atomic E-state index is 0.0135. The highest BCUT2D eigenvalue weighted by atomic mass is 19.1. The maximum absolute atomic E-state index is 14.6. The second-order valence-corrected chi connectivity index (χ2v) is 8.81. The van der Waals surface area contributed by atoms with Gasteiger partial charge in [0.25, 0.3) is 0 Å². The first-order chi connectivity index (χ1) is 18.3. The fourth-order valence-corrected chi connectivity index (χ4v) is 4.27. The first kappa shape index (κ1) is 24.9. The minimum Gasteiger partial charge on any atom is -0.493 e. The van der Waals surface area contributed by atoms with Crippen molar-refractivity contribution in [2.24, 2.45) is 11.1 Å². The Labute approximate surface area is 216 Å². The van der Waals surface area contributed by atoms with Crippen molar-refractivity contribution in [2.45, 2.75) is 12.8 Å². The van der Waals surface area contributed by atoms with Crippen LogP contribution in [0.3, 0.4) is 0 Å². The second-order valence-electron chi connectivity index (χ2n) is 8.81. The van der Waals surface area contributed by atoms with E-state index in [9.17, 15) is 18.4 Å². The number of rotatable bonds is 8. The molecular weight excluding hydrogens is 496 g/mol. The van der Waals surface area contributed by atoms with Gasteiger partial charge in [-0.3, -0.25) is 19.5 Å². The first-order valence-corrected chi connectivity index (χ1v) is 11.7. The molecule has 0 aliphatic heterocycles. The van der Waals surface area contributed by atoms with Crippen molar-refractivity contribution in [1.82, 2.24) is 4.98 Å². The molecule has 0 radical (unpaired) electrons. The molecule has 0 saturated heterocycles. The Morgan fingerprint density at radius 2 is 1.53 bits per heavy atom. The second kappa shape index (κ2) is 9.62. The molecule has 1 heterocycles. The van der Waals surface area contributed by atoms with E-state index in [1.165, 1.54) is 44.7 Å². The van der Waals surface area contributed by atoms with Gasteiger partial charge in [0.15, 0.2) is 17.2 Å². The number of nitrogens with two attached hydrogens (primary N) is 1. The van der Waals surface area contributed by atoms with E-state index in [0.29, 0.717) is 28.2 Å². The van der Waals surface area contributed by atoms with Gasteiger partial charge in [0.2, 0.25) is 11.8 Å². The third kappa shape index (κ3) is 4.34. The molecule has 2 N–H and O–H groups in total. The van der Waals surface area contributed by atoms with Crippen LogP contribution in [0.4, 0.5) is 20.2 Å². The standard InChI is InChI=1S/C28H23F2N3O5/c1-36-24-14-19-20(15-25(24)37-2)32-12-9-22(19)38-23-8-5-17(30)13-21(23)33(18-6-3-16(29)4-7-18)27(35)28(10-11-28)26(31)34/h3-9,12-15H,10-11H2,1-2H3,(H2,31,34). The zero-order valence-electron chi connectivity index (χ0n) is 20.5. The molecule has 10 heteroatoms. The van der Waals surface area contributed by atoms with Crippen LogP contribution in [0.5, 0.6) is 23.0 Å². The number of benzene rings is 3. The Balaban J connectivity index is 1.66. The van der Waals surface area contributed by atoms with Gasteiger partial charge >= 0.3 is 0 Å². The number of carbonyl (C=O) groups excluding carboxylic acids is 2. The van der Waals surface area contributed by atoms with E-state index in [2.05, 4.69) is 4.98 Å². The molecule has 8 nitrogen and oxygen atoms in total. The molecule has 5 rings (SSSR count). The molecule has 1 aromatic heterocycles. The maximum Gasteiger partial charge on any atom is 0.247 e. The van der Waals surface area contributed by atoms with Crippen LogP contribution in [0, 0.1) is 17.0 Å². The minimum atomic E-state index is -1.44. The zero-order chi connectivity index (χ0) is 27.0. The number of aromatic nitrogens is 1. The number of carbonyl (C=O) groups is 2. The predicted molar refractivity (Wildman–Crippen MR) is 136 cm³/mol.